The number of aromatic nitrogens is 2. The summed E-state index contributed by atoms with van der Waals surface area (Å²) in [5, 5.41) is 7.80. The van der Waals surface area contributed by atoms with Gasteiger partial charge in [0.05, 0.1) is 16.0 Å². The van der Waals surface area contributed by atoms with Crippen molar-refractivity contribution in [1.82, 2.24) is 15.0 Å². The molecule has 1 aliphatic rings. The molecule has 1 atom stereocenters. The molecule has 0 bridgehead atoms. The molecule has 1 aliphatic heterocycles. The van der Waals surface area contributed by atoms with Crippen LogP contribution in [0.25, 0.3) is 11.4 Å². The summed E-state index contributed by atoms with van der Waals surface area (Å²) in [6.45, 7) is 1.17. The minimum absolute atomic E-state index is 0.00000381. The molecular formula is C20H17BrCl2N4O2. The van der Waals surface area contributed by atoms with E-state index in [1.54, 1.807) is 23.1 Å². The maximum atomic E-state index is 12.7. The fourth-order valence-corrected chi connectivity index (χ4v) is 3.82. The van der Waals surface area contributed by atoms with E-state index in [0.717, 1.165) is 22.9 Å². The summed E-state index contributed by atoms with van der Waals surface area (Å²) < 4.78 is 6.49. The zero-order valence-electron chi connectivity index (χ0n) is 15.2. The number of benzene rings is 2. The van der Waals surface area contributed by atoms with Crippen molar-refractivity contribution in [2.75, 3.05) is 18.4 Å². The molecule has 29 heavy (non-hydrogen) atoms. The maximum Gasteiger partial charge on any atom is 0.321 e. The van der Waals surface area contributed by atoms with Crippen molar-refractivity contribution < 1.29 is 9.32 Å². The quantitative estimate of drug-likeness (QED) is 0.468. The van der Waals surface area contributed by atoms with Gasteiger partial charge in [0.2, 0.25) is 11.7 Å². The summed E-state index contributed by atoms with van der Waals surface area (Å²) >= 11 is 15.4. The number of halogens is 3. The molecule has 3 aromatic rings. The number of urea groups is 1. The molecule has 0 spiro atoms. The van der Waals surface area contributed by atoms with Gasteiger partial charge in [-0.15, -0.1) is 0 Å². The Kier molecular flexibility index (Phi) is 6.08. The first-order chi connectivity index (χ1) is 14.0. The third-order valence-electron chi connectivity index (χ3n) is 4.77. The highest BCUT2D eigenvalue weighted by molar-refractivity contribution is 9.10. The lowest BCUT2D eigenvalue weighted by Crippen LogP contribution is -2.41. The largest absolute Gasteiger partial charge is 0.339 e. The number of nitrogens with zero attached hydrogens (tertiary/aromatic N) is 3. The minimum Gasteiger partial charge on any atom is -0.339 e. The minimum atomic E-state index is -0.194. The van der Waals surface area contributed by atoms with E-state index in [1.807, 2.05) is 24.3 Å². The Morgan fingerprint density at radius 2 is 1.97 bits per heavy atom. The van der Waals surface area contributed by atoms with Crippen molar-refractivity contribution in [2.45, 2.75) is 18.8 Å². The van der Waals surface area contributed by atoms with Crippen LogP contribution >= 0.6 is 39.1 Å². The molecule has 2 amide bonds. The van der Waals surface area contributed by atoms with Crippen molar-refractivity contribution in [3.8, 4) is 11.4 Å². The predicted molar refractivity (Wildman–Crippen MR) is 116 cm³/mol. The molecule has 1 aromatic heterocycles. The van der Waals surface area contributed by atoms with Crippen LogP contribution in [0.5, 0.6) is 0 Å². The normalized spacial score (nSPS) is 16.7. The second kappa shape index (κ2) is 8.73. The molecule has 1 saturated heterocycles. The van der Waals surface area contributed by atoms with Crippen LogP contribution in [0.3, 0.4) is 0 Å². The van der Waals surface area contributed by atoms with E-state index in [9.17, 15) is 4.79 Å². The first-order valence-electron chi connectivity index (χ1n) is 9.10. The lowest BCUT2D eigenvalue weighted by atomic mass is 9.98. The average Bonchev–Trinajstić information content (AvgIpc) is 3.22. The summed E-state index contributed by atoms with van der Waals surface area (Å²) in [4.78, 5) is 19.0. The van der Waals surface area contributed by atoms with Gasteiger partial charge in [0, 0.05) is 28.8 Å². The zero-order chi connectivity index (χ0) is 20.4. The standard InChI is InChI=1S/C20H17BrCl2N4O2/c21-14-5-3-12(4-6-14)18-25-19(29-26-18)13-2-1-9-27(11-13)20(28)24-15-7-8-16(22)17(23)10-15/h3-8,10,13H,1-2,9,11H2,(H,24,28). The van der Waals surface area contributed by atoms with E-state index in [2.05, 4.69) is 31.4 Å². The van der Waals surface area contributed by atoms with Gasteiger partial charge in [-0.05, 0) is 55.3 Å². The Morgan fingerprint density at radius 1 is 1.17 bits per heavy atom. The van der Waals surface area contributed by atoms with Crippen molar-refractivity contribution in [3.05, 3.63) is 62.9 Å². The number of carbonyl (C=O) groups is 1. The fraction of sp³-hybridized carbons (Fsp3) is 0.250. The number of carbonyl (C=O) groups excluding carboxylic acids is 1. The Hall–Kier alpha value is -2.09. The number of amides is 2. The smallest absolute Gasteiger partial charge is 0.321 e. The molecule has 0 saturated carbocycles. The topological polar surface area (TPSA) is 71.3 Å². The van der Waals surface area contributed by atoms with Gasteiger partial charge in [0.15, 0.2) is 0 Å². The Bertz CT molecular complexity index is 1030. The van der Waals surface area contributed by atoms with Crippen LogP contribution in [-0.2, 0) is 0 Å². The van der Waals surface area contributed by atoms with Gasteiger partial charge in [-0.3, -0.25) is 0 Å². The number of rotatable bonds is 3. The van der Waals surface area contributed by atoms with Crippen LogP contribution in [0.1, 0.15) is 24.7 Å². The van der Waals surface area contributed by atoms with Crippen LogP contribution in [0.2, 0.25) is 10.0 Å². The third kappa shape index (κ3) is 4.74. The second-order valence-electron chi connectivity index (χ2n) is 6.81. The number of hydrogen-bond donors (Lipinski definition) is 1. The first kappa shape index (κ1) is 20.2. The van der Waals surface area contributed by atoms with E-state index in [4.69, 9.17) is 27.7 Å². The van der Waals surface area contributed by atoms with E-state index < -0.39 is 0 Å². The fourth-order valence-electron chi connectivity index (χ4n) is 3.26. The Morgan fingerprint density at radius 3 is 2.72 bits per heavy atom. The molecule has 1 N–H and O–H groups in total. The molecule has 1 unspecified atom stereocenters. The van der Waals surface area contributed by atoms with Gasteiger partial charge in [-0.1, -0.05) is 44.3 Å². The van der Waals surface area contributed by atoms with Gasteiger partial charge in [0.1, 0.15) is 0 Å². The summed E-state index contributed by atoms with van der Waals surface area (Å²) in [6, 6.07) is 12.5. The summed E-state index contributed by atoms with van der Waals surface area (Å²) in [5.74, 6) is 1.10. The maximum absolute atomic E-state index is 12.7. The molecular weight excluding hydrogens is 479 g/mol. The van der Waals surface area contributed by atoms with Crippen molar-refractivity contribution in [1.29, 1.82) is 0 Å². The van der Waals surface area contributed by atoms with Gasteiger partial charge in [-0.2, -0.15) is 4.98 Å². The van der Waals surface area contributed by atoms with Crippen molar-refractivity contribution in [3.63, 3.8) is 0 Å². The third-order valence-corrected chi connectivity index (χ3v) is 6.04. The van der Waals surface area contributed by atoms with E-state index in [0.29, 0.717) is 40.5 Å². The van der Waals surface area contributed by atoms with Gasteiger partial charge in [0.25, 0.3) is 0 Å². The van der Waals surface area contributed by atoms with Crippen molar-refractivity contribution in [2.24, 2.45) is 0 Å². The van der Waals surface area contributed by atoms with Crippen LogP contribution in [0, 0.1) is 0 Å². The molecule has 2 aromatic carbocycles. The highest BCUT2D eigenvalue weighted by Crippen LogP contribution is 2.29. The molecule has 6 nitrogen and oxygen atoms in total. The van der Waals surface area contributed by atoms with E-state index >= 15 is 0 Å². The molecule has 2 heterocycles. The monoisotopic (exact) mass is 494 g/mol. The first-order valence-corrected chi connectivity index (χ1v) is 10.6. The second-order valence-corrected chi connectivity index (χ2v) is 8.54. The van der Waals surface area contributed by atoms with E-state index in [1.165, 1.54) is 0 Å². The van der Waals surface area contributed by atoms with Crippen LogP contribution in [-0.4, -0.2) is 34.2 Å². The van der Waals surface area contributed by atoms with Crippen LogP contribution < -0.4 is 5.32 Å². The summed E-state index contributed by atoms with van der Waals surface area (Å²) in [6.07, 6.45) is 1.74. The number of likely N-dealkylation sites (tertiary alicyclic amines) is 1. The average molecular weight is 496 g/mol. The Labute approximate surface area is 186 Å². The number of hydrogen-bond acceptors (Lipinski definition) is 4. The number of nitrogens with one attached hydrogen (secondary N) is 1. The molecule has 0 aliphatic carbocycles. The lowest BCUT2D eigenvalue weighted by Gasteiger charge is -2.31. The van der Waals surface area contributed by atoms with Crippen LogP contribution in [0.4, 0.5) is 10.5 Å². The van der Waals surface area contributed by atoms with Crippen molar-refractivity contribution >= 4 is 50.9 Å². The van der Waals surface area contributed by atoms with Gasteiger partial charge >= 0.3 is 6.03 Å². The number of anilines is 1. The number of piperidine rings is 1. The van der Waals surface area contributed by atoms with Gasteiger partial charge < -0.3 is 14.7 Å². The summed E-state index contributed by atoms with van der Waals surface area (Å²) in [7, 11) is 0. The summed E-state index contributed by atoms with van der Waals surface area (Å²) in [5.41, 5.74) is 1.48. The lowest BCUT2D eigenvalue weighted by molar-refractivity contribution is 0.184. The molecule has 150 valence electrons. The zero-order valence-corrected chi connectivity index (χ0v) is 18.3. The SMILES string of the molecule is O=C(Nc1ccc(Cl)c(Cl)c1)N1CCCC(c2nc(-c3ccc(Br)cc3)no2)C1. The van der Waals surface area contributed by atoms with Crippen LogP contribution in [0.15, 0.2) is 51.5 Å². The predicted octanol–water partition coefficient (Wildman–Crippen LogP) is 6.22. The molecule has 1 fully saturated rings. The molecule has 4 rings (SSSR count). The molecule has 9 heteroatoms. The molecule has 0 radical (unpaired) electrons. The van der Waals surface area contributed by atoms with Gasteiger partial charge in [-0.25, -0.2) is 4.79 Å². The van der Waals surface area contributed by atoms with E-state index in [-0.39, 0.29) is 11.9 Å². The Balaban J connectivity index is 1.43. The highest BCUT2D eigenvalue weighted by Gasteiger charge is 2.29. The highest BCUT2D eigenvalue weighted by atomic mass is 79.9.